The molecule has 4 rings (SSSR count). The van der Waals surface area contributed by atoms with Crippen LogP contribution < -0.4 is 18.9 Å². The van der Waals surface area contributed by atoms with E-state index in [0.29, 0.717) is 37.2 Å². The number of hydrogen-bond acceptors (Lipinski definition) is 10. The Morgan fingerprint density at radius 3 is 1.22 bits per heavy atom. The van der Waals surface area contributed by atoms with Gasteiger partial charge in [0.1, 0.15) is 34.6 Å². The Bertz CT molecular complexity index is 1800. The minimum atomic E-state index is -0.889. The first-order valence-electron chi connectivity index (χ1n) is 17.6. The lowest BCUT2D eigenvalue weighted by atomic mass is 10.1. The Labute approximate surface area is 312 Å². The van der Waals surface area contributed by atoms with Crippen LogP contribution in [0.1, 0.15) is 72.1 Å². The topological polar surface area (TPSA) is 124 Å². The molecule has 0 aliphatic carbocycles. The Balaban J connectivity index is 1.21. The van der Waals surface area contributed by atoms with E-state index in [1.54, 1.807) is 24.3 Å². The molecule has 54 heavy (non-hydrogen) atoms. The number of ether oxygens (including phenoxy) is 6. The van der Waals surface area contributed by atoms with Crippen LogP contribution in [0.15, 0.2) is 98.1 Å². The summed E-state index contributed by atoms with van der Waals surface area (Å²) in [6.45, 7) is 8.05. The highest BCUT2D eigenvalue weighted by Crippen LogP contribution is 2.27. The Kier molecular flexibility index (Phi) is 16.2. The maximum atomic E-state index is 14.8. The van der Waals surface area contributed by atoms with E-state index in [2.05, 4.69) is 13.2 Å². The number of unbranched alkanes of at least 4 members (excludes halogenated alkanes) is 6. The van der Waals surface area contributed by atoms with Gasteiger partial charge in [-0.15, -0.1) is 0 Å². The van der Waals surface area contributed by atoms with Crippen LogP contribution in [-0.4, -0.2) is 50.3 Å². The summed E-state index contributed by atoms with van der Waals surface area (Å²) in [6.07, 6.45) is 8.48. The molecule has 10 nitrogen and oxygen atoms in total. The lowest BCUT2D eigenvalue weighted by Crippen LogP contribution is -2.11. The van der Waals surface area contributed by atoms with Crippen molar-refractivity contribution in [1.82, 2.24) is 0 Å². The van der Waals surface area contributed by atoms with E-state index in [1.165, 1.54) is 36.4 Å². The van der Waals surface area contributed by atoms with Crippen LogP contribution in [0.25, 0.3) is 10.8 Å². The molecule has 4 aromatic carbocycles. The Hall–Kier alpha value is -6.04. The van der Waals surface area contributed by atoms with Gasteiger partial charge in [0.15, 0.2) is 0 Å². The third-order valence-electron chi connectivity index (χ3n) is 7.96. The smallest absolute Gasteiger partial charge is 0.346 e. The van der Waals surface area contributed by atoms with E-state index >= 15 is 0 Å². The van der Waals surface area contributed by atoms with Gasteiger partial charge in [-0.25, -0.2) is 28.0 Å². The van der Waals surface area contributed by atoms with E-state index in [0.717, 1.165) is 75.7 Å². The average molecular weight is 745 g/mol. The molecule has 0 atom stereocenters. The van der Waals surface area contributed by atoms with Crippen LogP contribution in [-0.2, 0) is 19.1 Å². The molecular formula is C42H42F2O10. The number of benzene rings is 4. The van der Waals surface area contributed by atoms with Gasteiger partial charge in [-0.2, -0.15) is 0 Å². The summed E-state index contributed by atoms with van der Waals surface area (Å²) in [7, 11) is 0. The zero-order valence-corrected chi connectivity index (χ0v) is 29.8. The first-order chi connectivity index (χ1) is 26.2. The van der Waals surface area contributed by atoms with E-state index in [4.69, 9.17) is 28.4 Å². The van der Waals surface area contributed by atoms with E-state index < -0.39 is 35.5 Å². The number of carbonyl (C=O) groups is 4. The van der Waals surface area contributed by atoms with Gasteiger partial charge >= 0.3 is 23.9 Å². The molecule has 0 saturated carbocycles. The SMILES string of the molecule is C=CC(=O)OCCCCCCOc1ccc(C(=O)Oc2ccc3cc(OC(=O)c4ccc(OCCCCCCOC(=O)C=C)cc4F)ccc3c2)c(F)c1. The summed E-state index contributed by atoms with van der Waals surface area (Å²) < 4.78 is 61.5. The molecule has 0 radical (unpaired) electrons. The summed E-state index contributed by atoms with van der Waals surface area (Å²) >= 11 is 0. The fourth-order valence-electron chi connectivity index (χ4n) is 5.11. The van der Waals surface area contributed by atoms with Gasteiger partial charge in [0, 0.05) is 24.3 Å². The van der Waals surface area contributed by atoms with Crippen LogP contribution in [0, 0.1) is 11.6 Å². The number of esters is 4. The molecule has 0 amide bonds. The highest BCUT2D eigenvalue weighted by Gasteiger charge is 2.18. The number of hydrogen-bond donors (Lipinski definition) is 0. The van der Waals surface area contributed by atoms with E-state index in [-0.39, 0.29) is 34.1 Å². The molecule has 0 bridgehead atoms. The molecule has 4 aromatic rings. The number of rotatable bonds is 22. The first kappa shape index (κ1) is 40.7. The Morgan fingerprint density at radius 2 is 0.852 bits per heavy atom. The summed E-state index contributed by atoms with van der Waals surface area (Å²) in [5.74, 6) is -3.35. The summed E-state index contributed by atoms with van der Waals surface area (Å²) in [6, 6.07) is 17.3. The molecule has 0 fully saturated rings. The highest BCUT2D eigenvalue weighted by molar-refractivity contribution is 5.94. The summed E-state index contributed by atoms with van der Waals surface area (Å²) in [5.41, 5.74) is -0.522. The normalized spacial score (nSPS) is 10.6. The van der Waals surface area contributed by atoms with Crippen molar-refractivity contribution >= 4 is 34.6 Å². The minimum absolute atomic E-state index is 0.173. The molecule has 0 unspecified atom stereocenters. The molecule has 12 heteroatoms. The van der Waals surface area contributed by atoms with Gasteiger partial charge in [-0.05, 0) is 111 Å². The fraction of sp³-hybridized carbons (Fsp3) is 0.286. The van der Waals surface area contributed by atoms with Crippen LogP contribution in [0.3, 0.4) is 0 Å². The number of fused-ring (bicyclic) bond motifs is 1. The molecule has 0 aromatic heterocycles. The van der Waals surface area contributed by atoms with Crippen LogP contribution in [0.2, 0.25) is 0 Å². The van der Waals surface area contributed by atoms with Gasteiger partial charge in [0.25, 0.3) is 0 Å². The molecular weight excluding hydrogens is 702 g/mol. The predicted octanol–water partition coefficient (Wildman–Crippen LogP) is 8.89. The second kappa shape index (κ2) is 21.5. The zero-order valence-electron chi connectivity index (χ0n) is 29.8. The summed E-state index contributed by atoms with van der Waals surface area (Å²) in [4.78, 5) is 47.6. The van der Waals surface area contributed by atoms with Crippen molar-refractivity contribution < 1.29 is 56.4 Å². The lowest BCUT2D eigenvalue weighted by molar-refractivity contribution is -0.138. The second-order valence-corrected chi connectivity index (χ2v) is 12.0. The van der Waals surface area contributed by atoms with Gasteiger partial charge in [-0.3, -0.25) is 0 Å². The molecule has 0 saturated heterocycles. The Morgan fingerprint density at radius 1 is 0.481 bits per heavy atom. The van der Waals surface area contributed by atoms with Gasteiger partial charge < -0.3 is 28.4 Å². The second-order valence-electron chi connectivity index (χ2n) is 12.0. The van der Waals surface area contributed by atoms with E-state index in [9.17, 15) is 28.0 Å². The quantitative estimate of drug-likeness (QED) is 0.0334. The molecule has 0 aliphatic rings. The number of carbonyl (C=O) groups excluding carboxylic acids is 4. The monoisotopic (exact) mass is 744 g/mol. The van der Waals surface area contributed by atoms with Crippen molar-refractivity contribution in [2.75, 3.05) is 26.4 Å². The molecule has 284 valence electrons. The maximum Gasteiger partial charge on any atom is 0.346 e. The lowest BCUT2D eigenvalue weighted by Gasteiger charge is -2.10. The van der Waals surface area contributed by atoms with Crippen LogP contribution >= 0.6 is 0 Å². The molecule has 0 aliphatic heterocycles. The van der Waals surface area contributed by atoms with Crippen molar-refractivity contribution in [3.05, 3.63) is 121 Å². The minimum Gasteiger partial charge on any atom is -0.493 e. The van der Waals surface area contributed by atoms with Gasteiger partial charge in [0.2, 0.25) is 0 Å². The van der Waals surface area contributed by atoms with Crippen LogP contribution in [0.4, 0.5) is 8.78 Å². The molecule has 0 heterocycles. The summed E-state index contributed by atoms with van der Waals surface area (Å²) in [5, 5.41) is 1.29. The van der Waals surface area contributed by atoms with Crippen molar-refractivity contribution in [1.29, 1.82) is 0 Å². The van der Waals surface area contributed by atoms with Crippen molar-refractivity contribution in [2.24, 2.45) is 0 Å². The molecule has 0 spiro atoms. The standard InChI is InChI=1S/C42H42F2O10/c1-3-39(45)51-23-11-7-5-9-21-49-31-17-19-35(37(43)27-31)41(47)53-33-15-13-30-26-34(16-14-29(30)25-33)54-42(48)36-20-18-32(28-38(36)44)50-22-10-6-8-12-24-52-40(46)4-2/h3-4,13-20,25-28H,1-2,5-12,21-24H2. The maximum absolute atomic E-state index is 14.8. The van der Waals surface area contributed by atoms with Crippen molar-refractivity contribution in [2.45, 2.75) is 51.4 Å². The predicted molar refractivity (Wildman–Crippen MR) is 197 cm³/mol. The van der Waals surface area contributed by atoms with Crippen molar-refractivity contribution in [3.63, 3.8) is 0 Å². The zero-order chi connectivity index (χ0) is 38.7. The first-order valence-corrected chi connectivity index (χ1v) is 17.6. The molecule has 0 N–H and O–H groups in total. The van der Waals surface area contributed by atoms with Gasteiger partial charge in [-0.1, -0.05) is 25.3 Å². The van der Waals surface area contributed by atoms with E-state index in [1.807, 2.05) is 0 Å². The van der Waals surface area contributed by atoms with Crippen LogP contribution in [0.5, 0.6) is 23.0 Å². The van der Waals surface area contributed by atoms with Gasteiger partial charge in [0.05, 0.1) is 37.6 Å². The number of halogens is 2. The largest absolute Gasteiger partial charge is 0.493 e. The third-order valence-corrected chi connectivity index (χ3v) is 7.96. The third kappa shape index (κ3) is 13.2. The van der Waals surface area contributed by atoms with Crippen molar-refractivity contribution in [3.8, 4) is 23.0 Å². The average Bonchev–Trinajstić information content (AvgIpc) is 3.16. The fourth-order valence-corrected chi connectivity index (χ4v) is 5.11. The highest BCUT2D eigenvalue weighted by atomic mass is 19.1.